The van der Waals surface area contributed by atoms with E-state index in [0.29, 0.717) is 12.2 Å². The molecular formula is C15H21FN2O2. The quantitative estimate of drug-likeness (QED) is 0.796. The number of hydrogen-bond donors (Lipinski definition) is 0. The molecule has 0 N–H and O–H groups in total. The van der Waals surface area contributed by atoms with Crippen LogP contribution in [0.3, 0.4) is 0 Å². The summed E-state index contributed by atoms with van der Waals surface area (Å²) in [6.07, 6.45) is 4.65. The van der Waals surface area contributed by atoms with Gasteiger partial charge in [-0.05, 0) is 37.8 Å². The number of piperidine rings is 1. The highest BCUT2D eigenvalue weighted by atomic mass is 19.1. The summed E-state index contributed by atoms with van der Waals surface area (Å²) in [6.45, 7) is 3.39. The van der Waals surface area contributed by atoms with Crippen LogP contribution in [-0.2, 0) is 9.47 Å². The fraction of sp³-hybridized carbons (Fsp3) is 0.667. The minimum atomic E-state index is -0.414. The topological polar surface area (TPSA) is 34.6 Å². The highest BCUT2D eigenvalue weighted by Gasteiger charge is 2.24. The standard InChI is InChI=1S/C15H21FN2O2/c16-14-2-1-3-15(17-14)18-8-4-12(5-9-18)20-13-6-10-19-11-7-13/h1-3,12-13H,4-11H2. The third-order valence-electron chi connectivity index (χ3n) is 4.02. The van der Waals surface area contributed by atoms with Gasteiger partial charge in [0.25, 0.3) is 0 Å². The predicted octanol–water partition coefficient (Wildman–Crippen LogP) is 2.39. The molecule has 0 radical (unpaired) electrons. The molecule has 4 nitrogen and oxygen atoms in total. The van der Waals surface area contributed by atoms with E-state index in [9.17, 15) is 4.39 Å². The maximum Gasteiger partial charge on any atom is 0.214 e. The van der Waals surface area contributed by atoms with Crippen LogP contribution in [0.25, 0.3) is 0 Å². The summed E-state index contributed by atoms with van der Waals surface area (Å²) in [7, 11) is 0. The lowest BCUT2D eigenvalue weighted by atomic mass is 10.1. The number of ether oxygens (including phenoxy) is 2. The number of aromatic nitrogens is 1. The minimum Gasteiger partial charge on any atom is -0.381 e. The van der Waals surface area contributed by atoms with Crippen LogP contribution in [0.15, 0.2) is 18.2 Å². The lowest BCUT2D eigenvalue weighted by Crippen LogP contribution is -2.39. The van der Waals surface area contributed by atoms with Crippen LogP contribution in [0.1, 0.15) is 25.7 Å². The normalized spacial score (nSPS) is 22.1. The van der Waals surface area contributed by atoms with Crippen LogP contribution < -0.4 is 4.90 Å². The molecule has 20 heavy (non-hydrogen) atoms. The fourth-order valence-electron chi connectivity index (χ4n) is 2.88. The zero-order chi connectivity index (χ0) is 13.8. The number of anilines is 1. The molecule has 2 fully saturated rings. The Bertz CT molecular complexity index is 430. The van der Waals surface area contributed by atoms with E-state index in [4.69, 9.17) is 9.47 Å². The summed E-state index contributed by atoms with van der Waals surface area (Å²) < 4.78 is 24.6. The van der Waals surface area contributed by atoms with Crippen molar-refractivity contribution in [2.45, 2.75) is 37.9 Å². The van der Waals surface area contributed by atoms with E-state index in [2.05, 4.69) is 9.88 Å². The Kier molecular flexibility index (Phi) is 4.47. The molecule has 1 aromatic rings. The van der Waals surface area contributed by atoms with Gasteiger partial charge in [-0.15, -0.1) is 0 Å². The molecule has 0 unspecified atom stereocenters. The van der Waals surface area contributed by atoms with Crippen molar-refractivity contribution in [2.75, 3.05) is 31.2 Å². The van der Waals surface area contributed by atoms with Crippen LogP contribution in [0.2, 0.25) is 0 Å². The highest BCUT2D eigenvalue weighted by Crippen LogP contribution is 2.22. The van der Waals surface area contributed by atoms with Gasteiger partial charge < -0.3 is 14.4 Å². The van der Waals surface area contributed by atoms with Gasteiger partial charge in [-0.1, -0.05) is 6.07 Å². The van der Waals surface area contributed by atoms with Crippen LogP contribution >= 0.6 is 0 Å². The lowest BCUT2D eigenvalue weighted by Gasteiger charge is -2.35. The van der Waals surface area contributed by atoms with Crippen LogP contribution in [0.4, 0.5) is 10.2 Å². The van der Waals surface area contributed by atoms with Gasteiger partial charge >= 0.3 is 0 Å². The summed E-state index contributed by atoms with van der Waals surface area (Å²) in [5.41, 5.74) is 0. The van der Waals surface area contributed by atoms with Gasteiger partial charge in [-0.3, -0.25) is 0 Å². The van der Waals surface area contributed by atoms with E-state index in [0.717, 1.165) is 57.8 Å². The average molecular weight is 280 g/mol. The molecule has 3 rings (SSSR count). The van der Waals surface area contributed by atoms with E-state index >= 15 is 0 Å². The van der Waals surface area contributed by atoms with Crippen molar-refractivity contribution in [3.63, 3.8) is 0 Å². The first-order valence-corrected chi connectivity index (χ1v) is 7.42. The lowest BCUT2D eigenvalue weighted by molar-refractivity contribution is -0.0743. The van der Waals surface area contributed by atoms with Crippen molar-refractivity contribution >= 4 is 5.82 Å². The molecule has 3 heterocycles. The molecule has 5 heteroatoms. The molecule has 0 amide bonds. The molecule has 0 aromatic carbocycles. The number of rotatable bonds is 3. The number of hydrogen-bond acceptors (Lipinski definition) is 4. The smallest absolute Gasteiger partial charge is 0.214 e. The summed E-state index contributed by atoms with van der Waals surface area (Å²) in [5.74, 6) is 0.317. The Hall–Kier alpha value is -1.20. The molecule has 0 atom stereocenters. The number of nitrogens with zero attached hydrogens (tertiary/aromatic N) is 2. The first-order chi connectivity index (χ1) is 9.81. The summed E-state index contributed by atoms with van der Waals surface area (Å²) >= 11 is 0. The highest BCUT2D eigenvalue weighted by molar-refractivity contribution is 5.38. The van der Waals surface area contributed by atoms with Gasteiger partial charge in [0.1, 0.15) is 5.82 Å². The van der Waals surface area contributed by atoms with Gasteiger partial charge in [0, 0.05) is 26.3 Å². The average Bonchev–Trinajstić information content (AvgIpc) is 2.49. The van der Waals surface area contributed by atoms with Crippen molar-refractivity contribution < 1.29 is 13.9 Å². The summed E-state index contributed by atoms with van der Waals surface area (Å²) in [5, 5.41) is 0. The first kappa shape index (κ1) is 13.8. The van der Waals surface area contributed by atoms with Crippen molar-refractivity contribution in [3.8, 4) is 0 Å². The molecule has 0 aliphatic carbocycles. The van der Waals surface area contributed by atoms with Crippen molar-refractivity contribution in [1.29, 1.82) is 0 Å². The van der Waals surface area contributed by atoms with Gasteiger partial charge in [-0.25, -0.2) is 4.98 Å². The van der Waals surface area contributed by atoms with E-state index < -0.39 is 5.95 Å². The van der Waals surface area contributed by atoms with Gasteiger partial charge in [0.2, 0.25) is 5.95 Å². The van der Waals surface area contributed by atoms with Crippen LogP contribution in [0, 0.1) is 5.95 Å². The molecule has 0 spiro atoms. The monoisotopic (exact) mass is 280 g/mol. The predicted molar refractivity (Wildman–Crippen MR) is 74.4 cm³/mol. The molecular weight excluding hydrogens is 259 g/mol. The Morgan fingerprint density at radius 3 is 2.50 bits per heavy atom. The molecule has 0 saturated carbocycles. The van der Waals surface area contributed by atoms with Gasteiger partial charge in [0.05, 0.1) is 12.2 Å². The Balaban J connectivity index is 1.49. The maximum atomic E-state index is 13.1. The summed E-state index contributed by atoms with van der Waals surface area (Å²) in [6, 6.07) is 4.95. The van der Waals surface area contributed by atoms with E-state index in [1.165, 1.54) is 6.07 Å². The Labute approximate surface area is 118 Å². The molecule has 2 aliphatic rings. The van der Waals surface area contributed by atoms with Crippen molar-refractivity contribution in [1.82, 2.24) is 4.98 Å². The van der Waals surface area contributed by atoms with E-state index in [-0.39, 0.29) is 0 Å². The SMILES string of the molecule is Fc1cccc(N2CCC(OC3CCOCC3)CC2)n1. The van der Waals surface area contributed by atoms with E-state index in [1.807, 2.05) is 6.07 Å². The van der Waals surface area contributed by atoms with Crippen LogP contribution in [-0.4, -0.2) is 43.5 Å². The molecule has 0 bridgehead atoms. The Morgan fingerprint density at radius 2 is 1.80 bits per heavy atom. The van der Waals surface area contributed by atoms with Gasteiger partial charge in [-0.2, -0.15) is 4.39 Å². The Morgan fingerprint density at radius 1 is 1.10 bits per heavy atom. The van der Waals surface area contributed by atoms with Crippen molar-refractivity contribution in [2.24, 2.45) is 0 Å². The fourth-order valence-corrected chi connectivity index (χ4v) is 2.88. The van der Waals surface area contributed by atoms with Gasteiger partial charge in [0.15, 0.2) is 0 Å². The molecule has 2 aliphatic heterocycles. The minimum absolute atomic E-state index is 0.322. The van der Waals surface area contributed by atoms with Crippen molar-refractivity contribution in [3.05, 3.63) is 24.1 Å². The third kappa shape index (κ3) is 3.46. The van der Waals surface area contributed by atoms with E-state index in [1.54, 1.807) is 6.07 Å². The second kappa shape index (κ2) is 6.50. The maximum absolute atomic E-state index is 13.1. The molecule has 110 valence electrons. The number of halogens is 1. The second-order valence-electron chi connectivity index (χ2n) is 5.45. The third-order valence-corrected chi connectivity index (χ3v) is 4.02. The second-order valence-corrected chi connectivity index (χ2v) is 5.45. The number of pyridine rings is 1. The molecule has 2 saturated heterocycles. The zero-order valence-electron chi connectivity index (χ0n) is 11.6. The van der Waals surface area contributed by atoms with Crippen LogP contribution in [0.5, 0.6) is 0 Å². The largest absolute Gasteiger partial charge is 0.381 e. The molecule has 1 aromatic heterocycles. The first-order valence-electron chi connectivity index (χ1n) is 7.42. The summed E-state index contributed by atoms with van der Waals surface area (Å²) in [4.78, 5) is 6.07. The zero-order valence-corrected chi connectivity index (χ0v) is 11.6.